The highest BCUT2D eigenvalue weighted by atomic mass is 19.1. The number of fused-ring (bicyclic) bond motifs is 1. The number of piperidine rings is 1. The van der Waals surface area contributed by atoms with Gasteiger partial charge in [-0.1, -0.05) is 24.3 Å². The van der Waals surface area contributed by atoms with Gasteiger partial charge >= 0.3 is 0 Å². The van der Waals surface area contributed by atoms with E-state index in [0.29, 0.717) is 5.69 Å². The van der Waals surface area contributed by atoms with E-state index in [1.807, 2.05) is 0 Å². The molecule has 30 heavy (non-hydrogen) atoms. The van der Waals surface area contributed by atoms with Crippen LogP contribution in [-0.4, -0.2) is 47.2 Å². The Bertz CT molecular complexity index is 1100. The maximum Gasteiger partial charge on any atom is 0.259 e. The third-order valence-electron chi connectivity index (χ3n) is 6.78. The second kappa shape index (κ2) is 7.22. The zero-order valence-electron chi connectivity index (χ0n) is 17.3. The van der Waals surface area contributed by atoms with E-state index >= 15 is 0 Å². The van der Waals surface area contributed by atoms with E-state index < -0.39 is 11.6 Å². The van der Waals surface area contributed by atoms with E-state index in [2.05, 4.69) is 47.0 Å². The number of halogens is 1. The number of hydrogen-bond acceptors (Lipinski definition) is 3. The predicted octanol–water partition coefficient (Wildman–Crippen LogP) is 3.71. The lowest BCUT2D eigenvalue weighted by Crippen LogP contribution is -2.77. The number of anilines is 1. The van der Waals surface area contributed by atoms with Crippen LogP contribution in [0.1, 0.15) is 18.4 Å². The first-order chi connectivity index (χ1) is 14.5. The third-order valence-corrected chi connectivity index (χ3v) is 6.78. The van der Waals surface area contributed by atoms with Gasteiger partial charge in [-0.05, 0) is 42.7 Å². The number of β-lactam (4-membered cyclic amide) rings is 1. The largest absolute Gasteiger partial charge is 0.369 e. The molecule has 2 saturated heterocycles. The second-order valence-corrected chi connectivity index (χ2v) is 8.43. The monoisotopic (exact) mass is 407 g/mol. The van der Waals surface area contributed by atoms with Crippen LogP contribution in [0.25, 0.3) is 10.9 Å². The first kappa shape index (κ1) is 19.3. The summed E-state index contributed by atoms with van der Waals surface area (Å²) in [5.74, 6) is -0.407. The summed E-state index contributed by atoms with van der Waals surface area (Å²) >= 11 is 0. The van der Waals surface area contributed by atoms with Crippen molar-refractivity contribution in [2.75, 3.05) is 25.1 Å². The van der Waals surface area contributed by atoms with Gasteiger partial charge in [-0.2, -0.15) is 0 Å². The number of benzene rings is 2. The number of carbonyl (C=O) groups excluding carboxylic acids is 1. The lowest BCUT2D eigenvalue weighted by atomic mass is 9.72. The van der Waals surface area contributed by atoms with E-state index in [4.69, 9.17) is 4.74 Å². The Labute approximate surface area is 175 Å². The van der Waals surface area contributed by atoms with Crippen LogP contribution >= 0.6 is 0 Å². The molecule has 3 heterocycles. The maximum atomic E-state index is 13.8. The number of carbonyl (C=O) groups is 1. The van der Waals surface area contributed by atoms with Crippen LogP contribution in [0, 0.1) is 5.82 Å². The number of para-hydroxylation sites is 1. The Morgan fingerprint density at radius 1 is 1.13 bits per heavy atom. The number of methoxy groups -OCH3 is 1. The topological polar surface area (TPSA) is 37.7 Å². The molecule has 0 aliphatic carbocycles. The average molecular weight is 407 g/mol. The fraction of sp³-hybridized carbons (Fsp3) is 0.375. The van der Waals surface area contributed by atoms with Crippen molar-refractivity contribution in [2.45, 2.75) is 31.0 Å². The second-order valence-electron chi connectivity index (χ2n) is 8.43. The Morgan fingerprint density at radius 3 is 2.63 bits per heavy atom. The van der Waals surface area contributed by atoms with Crippen LogP contribution in [0.2, 0.25) is 0 Å². The Morgan fingerprint density at radius 2 is 1.90 bits per heavy atom. The van der Waals surface area contributed by atoms with Gasteiger partial charge in [-0.15, -0.1) is 0 Å². The highest BCUT2D eigenvalue weighted by molar-refractivity contribution is 6.06. The van der Waals surface area contributed by atoms with Gasteiger partial charge < -0.3 is 14.2 Å². The van der Waals surface area contributed by atoms with Crippen LogP contribution in [0.3, 0.4) is 0 Å². The van der Waals surface area contributed by atoms with Gasteiger partial charge in [0.2, 0.25) is 0 Å². The number of hydrogen-bond donors (Lipinski definition) is 0. The molecule has 0 N–H and O–H groups in total. The number of nitrogens with zero attached hydrogens (tertiary/aromatic N) is 3. The molecule has 6 heteroatoms. The summed E-state index contributed by atoms with van der Waals surface area (Å²) in [7, 11) is 3.67. The molecule has 2 aromatic carbocycles. The molecular formula is C24H26FN3O2. The Kier molecular flexibility index (Phi) is 4.64. The van der Waals surface area contributed by atoms with Crippen LogP contribution < -0.4 is 4.90 Å². The lowest BCUT2D eigenvalue weighted by molar-refractivity contribution is -0.151. The van der Waals surface area contributed by atoms with Gasteiger partial charge in [0, 0.05) is 56.6 Å². The van der Waals surface area contributed by atoms with Gasteiger partial charge in [0.15, 0.2) is 6.10 Å². The average Bonchev–Trinajstić information content (AvgIpc) is 3.05. The summed E-state index contributed by atoms with van der Waals surface area (Å²) in [6.45, 7) is 2.60. The normalized spacial score (nSPS) is 21.4. The van der Waals surface area contributed by atoms with Gasteiger partial charge in [-0.3, -0.25) is 9.69 Å². The smallest absolute Gasteiger partial charge is 0.259 e. The van der Waals surface area contributed by atoms with E-state index in [-0.39, 0.29) is 11.7 Å². The van der Waals surface area contributed by atoms with Gasteiger partial charge in [0.05, 0.1) is 5.54 Å². The fourth-order valence-corrected chi connectivity index (χ4v) is 5.31. The molecule has 0 bridgehead atoms. The van der Waals surface area contributed by atoms with Crippen LogP contribution in [0.5, 0.6) is 0 Å². The van der Waals surface area contributed by atoms with Crippen molar-refractivity contribution in [3.63, 3.8) is 0 Å². The number of aromatic nitrogens is 1. The molecule has 1 amide bonds. The summed E-state index contributed by atoms with van der Waals surface area (Å²) in [4.78, 5) is 17.0. The van der Waals surface area contributed by atoms with Crippen molar-refractivity contribution < 1.29 is 13.9 Å². The Hall–Kier alpha value is -2.70. The number of aryl methyl sites for hydroxylation is 1. The minimum atomic E-state index is -0.458. The van der Waals surface area contributed by atoms with Crippen molar-refractivity contribution in [1.29, 1.82) is 0 Å². The highest BCUT2D eigenvalue weighted by Crippen LogP contribution is 2.46. The number of ether oxygens (including phenoxy) is 1. The summed E-state index contributed by atoms with van der Waals surface area (Å²) in [6, 6.07) is 14.8. The highest BCUT2D eigenvalue weighted by Gasteiger charge is 2.61. The SMILES string of the molecule is COC1C(=O)N(c2cccc(F)c2)C12CCN(Cc1cn(C)c3ccccc13)CC2. The molecule has 2 fully saturated rings. The number of amides is 1. The molecule has 1 unspecified atom stereocenters. The van der Waals surface area contributed by atoms with Gasteiger partial charge in [0.1, 0.15) is 5.82 Å². The molecule has 2 aliphatic heterocycles. The summed E-state index contributed by atoms with van der Waals surface area (Å²) in [5.41, 5.74) is 2.78. The van der Waals surface area contributed by atoms with E-state index in [0.717, 1.165) is 32.5 Å². The summed E-state index contributed by atoms with van der Waals surface area (Å²) in [5, 5.41) is 1.29. The minimum absolute atomic E-state index is 0.0781. The number of likely N-dealkylation sites (tertiary alicyclic amines) is 1. The zero-order chi connectivity index (χ0) is 20.9. The van der Waals surface area contributed by atoms with E-state index in [1.54, 1.807) is 24.1 Å². The Balaban J connectivity index is 1.36. The number of rotatable bonds is 4. The van der Waals surface area contributed by atoms with Crippen LogP contribution in [0.15, 0.2) is 54.7 Å². The fourth-order valence-electron chi connectivity index (χ4n) is 5.31. The molecule has 1 atom stereocenters. The zero-order valence-corrected chi connectivity index (χ0v) is 17.3. The van der Waals surface area contributed by atoms with Gasteiger partial charge in [0.25, 0.3) is 5.91 Å². The third kappa shape index (κ3) is 2.86. The first-order valence-corrected chi connectivity index (χ1v) is 10.4. The molecule has 5 nitrogen and oxygen atoms in total. The van der Waals surface area contributed by atoms with Crippen LogP contribution in [0.4, 0.5) is 10.1 Å². The molecule has 0 saturated carbocycles. The molecule has 0 radical (unpaired) electrons. The van der Waals surface area contributed by atoms with Crippen molar-refractivity contribution in [3.05, 3.63) is 66.1 Å². The van der Waals surface area contributed by atoms with E-state index in [1.165, 1.54) is 28.6 Å². The quantitative estimate of drug-likeness (QED) is 0.619. The van der Waals surface area contributed by atoms with Crippen molar-refractivity contribution in [2.24, 2.45) is 7.05 Å². The minimum Gasteiger partial charge on any atom is -0.369 e. The molecule has 2 aliphatic rings. The summed E-state index contributed by atoms with van der Waals surface area (Å²) < 4.78 is 21.6. The predicted molar refractivity (Wildman–Crippen MR) is 115 cm³/mol. The summed E-state index contributed by atoms with van der Waals surface area (Å²) in [6.07, 6.45) is 3.36. The van der Waals surface area contributed by atoms with Crippen LogP contribution in [-0.2, 0) is 23.1 Å². The van der Waals surface area contributed by atoms with E-state index in [9.17, 15) is 9.18 Å². The maximum absolute atomic E-state index is 13.8. The first-order valence-electron chi connectivity index (χ1n) is 10.4. The molecule has 156 valence electrons. The van der Waals surface area contributed by atoms with Gasteiger partial charge in [-0.25, -0.2) is 4.39 Å². The standard InChI is InChI=1S/C24H26FN3O2/c1-26-15-17(20-8-3-4-9-21(20)26)16-27-12-10-24(11-13-27)22(30-2)23(29)28(24)19-7-5-6-18(25)14-19/h3-9,14-15,22H,10-13,16H2,1-2H3. The molecule has 5 rings (SSSR count). The molecular weight excluding hydrogens is 381 g/mol. The van der Waals surface area contributed by atoms with Crippen molar-refractivity contribution in [1.82, 2.24) is 9.47 Å². The molecule has 1 spiro atoms. The lowest BCUT2D eigenvalue weighted by Gasteiger charge is -2.59. The molecule has 1 aromatic heterocycles. The van der Waals surface area contributed by atoms with Crippen molar-refractivity contribution >= 4 is 22.5 Å². The van der Waals surface area contributed by atoms with Crippen molar-refractivity contribution in [3.8, 4) is 0 Å². The molecule has 3 aromatic rings.